The van der Waals surface area contributed by atoms with E-state index in [4.69, 9.17) is 9.47 Å². The maximum atomic E-state index is 5.42. The summed E-state index contributed by atoms with van der Waals surface area (Å²) < 4.78 is 10.8. The first-order valence-electron chi connectivity index (χ1n) is 7.27. The van der Waals surface area contributed by atoms with Crippen LogP contribution in [-0.4, -0.2) is 38.0 Å². The minimum atomic E-state index is 0.497. The summed E-state index contributed by atoms with van der Waals surface area (Å²) in [7, 11) is 3.40. The van der Waals surface area contributed by atoms with E-state index in [1.807, 2.05) is 0 Å². The van der Waals surface area contributed by atoms with Crippen molar-refractivity contribution < 1.29 is 9.47 Å². The van der Waals surface area contributed by atoms with E-state index in [1.165, 1.54) is 30.5 Å². The van der Waals surface area contributed by atoms with Crippen LogP contribution in [0.3, 0.4) is 0 Å². The van der Waals surface area contributed by atoms with E-state index >= 15 is 0 Å². The summed E-state index contributed by atoms with van der Waals surface area (Å²) in [6.45, 7) is 3.34. The van der Waals surface area contributed by atoms with Gasteiger partial charge >= 0.3 is 0 Å². The molecule has 0 atom stereocenters. The van der Waals surface area contributed by atoms with Crippen molar-refractivity contribution in [2.45, 2.75) is 25.8 Å². The molecule has 0 aromatic heterocycles. The van der Waals surface area contributed by atoms with Crippen LogP contribution in [0.4, 0.5) is 0 Å². The van der Waals surface area contributed by atoms with Gasteiger partial charge in [-0.25, -0.2) is 0 Å². The molecule has 1 aliphatic carbocycles. The van der Waals surface area contributed by atoms with Crippen LogP contribution < -0.4 is 9.47 Å². The Kier molecular flexibility index (Phi) is 3.87. The molecule has 0 unspecified atom stereocenters. The molecule has 1 aromatic carbocycles. The number of nitrogens with zero attached hydrogens (tertiary/aromatic N) is 1. The van der Waals surface area contributed by atoms with Crippen LogP contribution in [0.15, 0.2) is 12.1 Å². The average molecular weight is 293 g/mol. The van der Waals surface area contributed by atoms with E-state index in [0.717, 1.165) is 36.8 Å². The summed E-state index contributed by atoms with van der Waals surface area (Å²) in [6.07, 6.45) is 3.77. The first-order chi connectivity index (χ1) is 9.69. The first kappa shape index (κ1) is 14.1. The van der Waals surface area contributed by atoms with Gasteiger partial charge in [-0.1, -0.05) is 0 Å². The van der Waals surface area contributed by atoms with Crippen molar-refractivity contribution in [3.8, 4) is 11.5 Å². The van der Waals surface area contributed by atoms with Crippen LogP contribution in [0, 0.1) is 5.41 Å². The van der Waals surface area contributed by atoms with Gasteiger partial charge in [0.15, 0.2) is 11.5 Å². The number of methoxy groups -OCH3 is 2. The van der Waals surface area contributed by atoms with Crippen molar-refractivity contribution in [1.29, 1.82) is 0 Å². The second-order valence-electron chi connectivity index (χ2n) is 6.09. The number of benzene rings is 1. The topological polar surface area (TPSA) is 21.7 Å². The summed E-state index contributed by atoms with van der Waals surface area (Å²) in [4.78, 5) is 2.57. The summed E-state index contributed by atoms with van der Waals surface area (Å²) in [6, 6.07) is 4.28. The molecule has 1 heterocycles. The predicted molar refractivity (Wildman–Crippen MR) is 84.0 cm³/mol. The molecule has 1 fully saturated rings. The molecule has 0 bridgehead atoms. The zero-order valence-electron chi connectivity index (χ0n) is 12.3. The molecule has 1 saturated carbocycles. The summed E-state index contributed by atoms with van der Waals surface area (Å²) >= 11 is 4.51. The zero-order valence-corrected chi connectivity index (χ0v) is 13.2. The average Bonchev–Trinajstić information content (AvgIpc) is 3.26. The number of hydrogen-bond acceptors (Lipinski definition) is 4. The number of hydrogen-bond donors (Lipinski definition) is 1. The van der Waals surface area contributed by atoms with Crippen LogP contribution in [0.5, 0.6) is 11.5 Å². The molecule has 0 N–H and O–H groups in total. The van der Waals surface area contributed by atoms with Crippen molar-refractivity contribution in [2.75, 3.05) is 33.1 Å². The number of thiol groups is 1. The van der Waals surface area contributed by atoms with E-state index in [-0.39, 0.29) is 0 Å². The highest BCUT2D eigenvalue weighted by molar-refractivity contribution is 7.80. The van der Waals surface area contributed by atoms with Crippen molar-refractivity contribution in [3.63, 3.8) is 0 Å². The molecule has 1 aromatic rings. The van der Waals surface area contributed by atoms with E-state index in [2.05, 4.69) is 29.7 Å². The summed E-state index contributed by atoms with van der Waals surface area (Å²) in [5.74, 6) is 2.69. The fourth-order valence-corrected chi connectivity index (χ4v) is 3.51. The maximum Gasteiger partial charge on any atom is 0.161 e. The molecule has 20 heavy (non-hydrogen) atoms. The minimum absolute atomic E-state index is 0.497. The monoisotopic (exact) mass is 293 g/mol. The Bertz CT molecular complexity index is 499. The third-order valence-electron chi connectivity index (χ3n) is 4.65. The number of fused-ring (bicyclic) bond motifs is 1. The molecule has 3 rings (SSSR count). The van der Waals surface area contributed by atoms with Crippen molar-refractivity contribution in [3.05, 3.63) is 23.3 Å². The van der Waals surface area contributed by atoms with Gasteiger partial charge in [-0.15, -0.1) is 0 Å². The number of ether oxygens (including phenoxy) is 2. The molecular formula is C16H23NO2S. The molecule has 3 nitrogen and oxygen atoms in total. The van der Waals surface area contributed by atoms with Gasteiger partial charge < -0.3 is 9.47 Å². The third kappa shape index (κ3) is 2.63. The fraction of sp³-hybridized carbons (Fsp3) is 0.625. The van der Waals surface area contributed by atoms with Gasteiger partial charge in [0.1, 0.15) is 0 Å². The Hall–Kier alpha value is -0.870. The zero-order chi connectivity index (χ0) is 14.2. The molecule has 0 amide bonds. The van der Waals surface area contributed by atoms with Crippen molar-refractivity contribution in [1.82, 2.24) is 4.90 Å². The third-order valence-corrected chi connectivity index (χ3v) is 5.32. The lowest BCUT2D eigenvalue weighted by Gasteiger charge is -2.32. The van der Waals surface area contributed by atoms with E-state index < -0.39 is 0 Å². The SMILES string of the molecule is COc1cc2c(cc1OC)CN(CC1(CS)CC1)CC2. The van der Waals surface area contributed by atoms with E-state index in [9.17, 15) is 0 Å². The smallest absolute Gasteiger partial charge is 0.161 e. The van der Waals surface area contributed by atoms with Gasteiger partial charge in [-0.05, 0) is 53.7 Å². The second-order valence-corrected chi connectivity index (χ2v) is 6.41. The van der Waals surface area contributed by atoms with E-state index in [1.54, 1.807) is 14.2 Å². The van der Waals surface area contributed by atoms with Crippen LogP contribution in [0.1, 0.15) is 24.0 Å². The molecule has 0 spiro atoms. The Labute approximate surface area is 126 Å². The van der Waals surface area contributed by atoms with Gasteiger partial charge in [0, 0.05) is 19.6 Å². The van der Waals surface area contributed by atoms with Gasteiger partial charge in [0.05, 0.1) is 14.2 Å². The summed E-state index contributed by atoms with van der Waals surface area (Å²) in [5.41, 5.74) is 3.27. The Balaban J connectivity index is 1.77. The highest BCUT2D eigenvalue weighted by Crippen LogP contribution is 2.47. The molecule has 0 saturated heterocycles. The number of rotatable bonds is 5. The second kappa shape index (κ2) is 5.49. The van der Waals surface area contributed by atoms with E-state index in [0.29, 0.717) is 5.41 Å². The first-order valence-corrected chi connectivity index (χ1v) is 7.90. The Morgan fingerprint density at radius 2 is 1.80 bits per heavy atom. The standard InChI is InChI=1S/C16H23NO2S/c1-18-14-7-12-3-6-17(10-16(11-20)4-5-16)9-13(12)8-15(14)19-2/h7-8,20H,3-6,9-11H2,1-2H3. The van der Waals surface area contributed by atoms with Crippen LogP contribution >= 0.6 is 12.6 Å². The Morgan fingerprint density at radius 1 is 1.15 bits per heavy atom. The normalized spacial score (nSPS) is 20.4. The van der Waals surface area contributed by atoms with Gasteiger partial charge in [-0.3, -0.25) is 4.90 Å². The predicted octanol–water partition coefficient (Wildman–Crippen LogP) is 2.77. The fourth-order valence-electron chi connectivity index (χ4n) is 3.09. The Morgan fingerprint density at radius 3 is 2.35 bits per heavy atom. The van der Waals surface area contributed by atoms with Crippen LogP contribution in [0.25, 0.3) is 0 Å². The quantitative estimate of drug-likeness (QED) is 0.844. The van der Waals surface area contributed by atoms with Crippen molar-refractivity contribution in [2.24, 2.45) is 5.41 Å². The lowest BCUT2D eigenvalue weighted by Crippen LogP contribution is -2.35. The lowest BCUT2D eigenvalue weighted by molar-refractivity contribution is 0.212. The lowest BCUT2D eigenvalue weighted by atomic mass is 9.97. The summed E-state index contributed by atoms with van der Waals surface area (Å²) in [5, 5.41) is 0. The van der Waals surface area contributed by atoms with Gasteiger partial charge in [0.25, 0.3) is 0 Å². The van der Waals surface area contributed by atoms with Crippen LogP contribution in [0.2, 0.25) is 0 Å². The largest absolute Gasteiger partial charge is 0.493 e. The molecule has 2 aliphatic rings. The highest BCUT2D eigenvalue weighted by Gasteiger charge is 2.42. The molecule has 4 heteroatoms. The van der Waals surface area contributed by atoms with Crippen molar-refractivity contribution >= 4 is 12.6 Å². The van der Waals surface area contributed by atoms with Gasteiger partial charge in [-0.2, -0.15) is 12.6 Å². The van der Waals surface area contributed by atoms with Gasteiger partial charge in [0.2, 0.25) is 0 Å². The highest BCUT2D eigenvalue weighted by atomic mass is 32.1. The molecule has 1 aliphatic heterocycles. The molecule has 0 radical (unpaired) electrons. The van der Waals surface area contributed by atoms with Crippen LogP contribution in [-0.2, 0) is 13.0 Å². The molecular weight excluding hydrogens is 270 g/mol. The molecule has 110 valence electrons. The minimum Gasteiger partial charge on any atom is -0.493 e. The maximum absolute atomic E-state index is 5.42.